The van der Waals surface area contributed by atoms with Gasteiger partial charge >= 0.3 is 5.97 Å². The van der Waals surface area contributed by atoms with Crippen molar-refractivity contribution in [3.05, 3.63) is 46.2 Å². The molecule has 3 rings (SSSR count). The molecule has 0 saturated carbocycles. The summed E-state index contributed by atoms with van der Waals surface area (Å²) in [4.78, 5) is 45.0. The topological polar surface area (TPSA) is 136 Å². The van der Waals surface area contributed by atoms with E-state index in [1.807, 2.05) is 0 Å². The van der Waals surface area contributed by atoms with Crippen molar-refractivity contribution in [2.24, 2.45) is 0 Å². The molecule has 10 nitrogen and oxygen atoms in total. The largest absolute Gasteiger partial charge is 0.462 e. The highest BCUT2D eigenvalue weighted by Gasteiger charge is 2.17. The number of ether oxygens (including phenoxy) is 1. The molecule has 2 aromatic heterocycles. The third-order valence-electron chi connectivity index (χ3n) is 4.04. The normalized spacial score (nSPS) is 10.5. The molecule has 0 aliphatic rings. The highest BCUT2D eigenvalue weighted by Crippen LogP contribution is 2.23. The number of carbonyl (C=O) groups is 3. The summed E-state index contributed by atoms with van der Waals surface area (Å²) in [7, 11) is 0. The molecule has 0 radical (unpaired) electrons. The predicted octanol–water partition coefficient (Wildman–Crippen LogP) is 2.75. The van der Waals surface area contributed by atoms with Gasteiger partial charge in [-0.1, -0.05) is 22.6 Å². The van der Waals surface area contributed by atoms with E-state index in [9.17, 15) is 14.4 Å². The molecule has 0 aliphatic heterocycles. The fraction of sp³-hybridized carbons (Fsp3) is 0.300. The van der Waals surface area contributed by atoms with E-state index in [0.29, 0.717) is 38.5 Å². The van der Waals surface area contributed by atoms with Crippen molar-refractivity contribution in [1.29, 1.82) is 0 Å². The van der Waals surface area contributed by atoms with Gasteiger partial charge in [0.2, 0.25) is 5.91 Å². The smallest absolute Gasteiger partial charge is 0.350 e. The number of carbonyl (C=O) groups excluding carboxylic acids is 3. The average Bonchev–Trinajstić information content (AvgIpc) is 3.33. The van der Waals surface area contributed by atoms with Crippen LogP contribution < -0.4 is 10.6 Å². The zero-order chi connectivity index (χ0) is 22.4. The first-order valence-electron chi connectivity index (χ1n) is 9.50. The summed E-state index contributed by atoms with van der Waals surface area (Å²) in [5, 5.41) is 9.36. The van der Waals surface area contributed by atoms with Gasteiger partial charge in [0.1, 0.15) is 4.88 Å². The zero-order valence-corrected chi connectivity index (χ0v) is 18.0. The Morgan fingerprint density at radius 3 is 2.71 bits per heavy atom. The van der Waals surface area contributed by atoms with Gasteiger partial charge in [0.25, 0.3) is 11.8 Å². The second-order valence-corrected chi connectivity index (χ2v) is 7.43. The van der Waals surface area contributed by atoms with E-state index < -0.39 is 5.97 Å². The summed E-state index contributed by atoms with van der Waals surface area (Å²) >= 11 is 1.05. The Morgan fingerprint density at radius 1 is 1.19 bits per heavy atom. The Hall–Kier alpha value is -3.60. The Morgan fingerprint density at radius 2 is 2.00 bits per heavy atom. The van der Waals surface area contributed by atoms with Gasteiger partial charge in [-0.05, 0) is 39.0 Å². The van der Waals surface area contributed by atoms with Crippen molar-refractivity contribution in [2.75, 3.05) is 18.5 Å². The molecular weight excluding hydrogens is 422 g/mol. The van der Waals surface area contributed by atoms with Crippen LogP contribution in [0.2, 0.25) is 0 Å². The molecule has 1 aromatic carbocycles. The lowest BCUT2D eigenvalue weighted by Gasteiger charge is -2.06. The van der Waals surface area contributed by atoms with Crippen LogP contribution in [-0.2, 0) is 9.53 Å². The second-order valence-electron chi connectivity index (χ2n) is 6.44. The molecule has 0 fully saturated rings. The number of benzene rings is 1. The molecule has 0 bridgehead atoms. The fourth-order valence-corrected chi connectivity index (χ4v) is 3.49. The van der Waals surface area contributed by atoms with Crippen LogP contribution in [0, 0.1) is 13.8 Å². The van der Waals surface area contributed by atoms with Crippen LogP contribution >= 0.6 is 11.3 Å². The lowest BCUT2D eigenvalue weighted by atomic mass is 10.1. The highest BCUT2D eigenvalue weighted by molar-refractivity contribution is 7.17. The minimum Gasteiger partial charge on any atom is -0.462 e. The maximum Gasteiger partial charge on any atom is 0.350 e. The first-order valence-corrected chi connectivity index (χ1v) is 10.3. The van der Waals surface area contributed by atoms with Crippen molar-refractivity contribution in [2.45, 2.75) is 27.2 Å². The Labute approximate surface area is 182 Å². The van der Waals surface area contributed by atoms with E-state index in [0.717, 1.165) is 11.3 Å². The Kier molecular flexibility index (Phi) is 7.08. The highest BCUT2D eigenvalue weighted by atomic mass is 32.1. The number of esters is 1. The molecule has 11 heteroatoms. The van der Waals surface area contributed by atoms with Crippen LogP contribution in [0.1, 0.15) is 44.9 Å². The van der Waals surface area contributed by atoms with Gasteiger partial charge in [-0.3, -0.25) is 9.59 Å². The van der Waals surface area contributed by atoms with E-state index in [4.69, 9.17) is 9.26 Å². The van der Waals surface area contributed by atoms with Crippen molar-refractivity contribution in [3.8, 4) is 11.5 Å². The third kappa shape index (κ3) is 5.72. The zero-order valence-electron chi connectivity index (χ0n) is 17.2. The van der Waals surface area contributed by atoms with Crippen LogP contribution in [0.15, 0.2) is 28.8 Å². The predicted molar refractivity (Wildman–Crippen MR) is 113 cm³/mol. The van der Waals surface area contributed by atoms with Gasteiger partial charge in [-0.2, -0.15) is 4.98 Å². The van der Waals surface area contributed by atoms with Crippen molar-refractivity contribution < 1.29 is 23.6 Å². The molecule has 0 saturated heterocycles. The summed E-state index contributed by atoms with van der Waals surface area (Å²) in [5.41, 5.74) is 1.52. The minimum atomic E-state index is -0.469. The molecule has 0 unspecified atom stereocenters. The molecule has 0 spiro atoms. The van der Waals surface area contributed by atoms with Gasteiger partial charge in [0.05, 0.1) is 12.3 Å². The summed E-state index contributed by atoms with van der Waals surface area (Å²) < 4.78 is 10.1. The van der Waals surface area contributed by atoms with E-state index >= 15 is 0 Å². The number of nitrogens with one attached hydrogen (secondary N) is 2. The van der Waals surface area contributed by atoms with Crippen LogP contribution in [0.25, 0.3) is 11.5 Å². The van der Waals surface area contributed by atoms with Crippen molar-refractivity contribution in [1.82, 2.24) is 20.4 Å². The van der Waals surface area contributed by atoms with E-state index in [-0.39, 0.29) is 31.4 Å². The van der Waals surface area contributed by atoms with Crippen LogP contribution in [-0.4, -0.2) is 46.1 Å². The fourth-order valence-electron chi connectivity index (χ4n) is 2.62. The molecule has 2 N–H and O–H groups in total. The molecule has 0 aliphatic carbocycles. The average molecular weight is 443 g/mol. The number of aromatic nitrogens is 3. The van der Waals surface area contributed by atoms with E-state index in [1.54, 1.807) is 45.0 Å². The number of hydrogen-bond acceptors (Lipinski definition) is 9. The number of rotatable bonds is 8. The second kappa shape index (κ2) is 9.94. The van der Waals surface area contributed by atoms with Crippen LogP contribution in [0.5, 0.6) is 0 Å². The van der Waals surface area contributed by atoms with Crippen molar-refractivity contribution in [3.63, 3.8) is 0 Å². The summed E-state index contributed by atoms with van der Waals surface area (Å²) in [5.74, 6) is -0.309. The summed E-state index contributed by atoms with van der Waals surface area (Å²) in [6.07, 6.45) is 0.0433. The molecule has 2 heterocycles. The van der Waals surface area contributed by atoms with E-state index in [2.05, 4.69) is 25.8 Å². The van der Waals surface area contributed by atoms with Gasteiger partial charge in [0.15, 0.2) is 11.0 Å². The molecular formula is C20H21N5O5S. The van der Waals surface area contributed by atoms with Gasteiger partial charge in [-0.15, -0.1) is 0 Å². The Bertz CT molecular complexity index is 1110. The third-order valence-corrected chi connectivity index (χ3v) is 5.09. The minimum absolute atomic E-state index is 0.0433. The molecule has 31 heavy (non-hydrogen) atoms. The maximum atomic E-state index is 12.4. The number of hydrogen-bond donors (Lipinski definition) is 2. The SMILES string of the molecule is CCOC(=O)c1sc(NC(=O)CCNC(=O)c2cccc(-c3nc(C)no3)c2)nc1C. The first-order chi connectivity index (χ1) is 14.9. The molecule has 0 atom stereocenters. The molecule has 3 aromatic rings. The number of amides is 2. The lowest BCUT2D eigenvalue weighted by Crippen LogP contribution is -2.27. The number of thiazole rings is 1. The van der Waals surface area contributed by atoms with Crippen LogP contribution in [0.3, 0.4) is 0 Å². The first kappa shape index (κ1) is 22.1. The van der Waals surface area contributed by atoms with Crippen LogP contribution in [0.4, 0.5) is 5.13 Å². The number of nitrogens with zero attached hydrogens (tertiary/aromatic N) is 3. The van der Waals surface area contributed by atoms with Gasteiger partial charge in [-0.25, -0.2) is 9.78 Å². The van der Waals surface area contributed by atoms with Gasteiger partial charge < -0.3 is 19.9 Å². The monoisotopic (exact) mass is 443 g/mol. The molecule has 162 valence electrons. The number of anilines is 1. The summed E-state index contributed by atoms with van der Waals surface area (Å²) in [6.45, 7) is 5.48. The quantitative estimate of drug-likeness (QED) is 0.507. The lowest BCUT2D eigenvalue weighted by molar-refractivity contribution is -0.116. The van der Waals surface area contributed by atoms with E-state index in [1.165, 1.54) is 0 Å². The molecule has 2 amide bonds. The van der Waals surface area contributed by atoms with Gasteiger partial charge in [0, 0.05) is 24.1 Å². The van der Waals surface area contributed by atoms with Crippen molar-refractivity contribution >= 4 is 34.3 Å². The number of aryl methyl sites for hydroxylation is 2. The Balaban J connectivity index is 1.51. The summed E-state index contributed by atoms with van der Waals surface area (Å²) in [6, 6.07) is 6.76. The standard InChI is InChI=1S/C20H21N5O5S/c1-4-29-19(28)16-11(2)22-20(31-16)24-15(26)8-9-21-17(27)13-6-5-7-14(10-13)18-23-12(3)25-30-18/h5-7,10H,4,8-9H2,1-3H3,(H,21,27)(H,22,24,26). The maximum absolute atomic E-state index is 12.4.